The van der Waals surface area contributed by atoms with Crippen LogP contribution in [-0.2, 0) is 6.54 Å². The van der Waals surface area contributed by atoms with Crippen molar-refractivity contribution in [2.45, 2.75) is 20.4 Å². The van der Waals surface area contributed by atoms with Crippen molar-refractivity contribution in [1.29, 1.82) is 0 Å². The Morgan fingerprint density at radius 1 is 0.923 bits per heavy atom. The number of aromatic nitrogens is 2. The van der Waals surface area contributed by atoms with Crippen molar-refractivity contribution < 1.29 is 9.18 Å². The van der Waals surface area contributed by atoms with Crippen LogP contribution >= 0.6 is 0 Å². The Hall–Kier alpha value is -3.28. The first kappa shape index (κ1) is 17.5. The molecule has 0 amide bonds. The molecule has 3 rings (SSSR count). The van der Waals surface area contributed by atoms with E-state index in [0.29, 0.717) is 5.69 Å². The standard InChI is InChI=1S/C20H17FN2O3/c1-13-4-3-5-14(2)18(13)23-11-10-22(19(25)20(23)26)12-17(24)15-6-8-16(21)9-7-15/h3-11H,12H2,1-2H3. The van der Waals surface area contributed by atoms with Crippen molar-refractivity contribution >= 4 is 5.78 Å². The highest BCUT2D eigenvalue weighted by Crippen LogP contribution is 2.16. The fraction of sp³-hybridized carbons (Fsp3) is 0.150. The zero-order chi connectivity index (χ0) is 18.8. The highest BCUT2D eigenvalue weighted by atomic mass is 19.1. The third kappa shape index (κ3) is 3.26. The number of hydrogen-bond donors (Lipinski definition) is 0. The molecule has 3 aromatic rings. The van der Waals surface area contributed by atoms with Gasteiger partial charge in [-0.15, -0.1) is 0 Å². The maximum Gasteiger partial charge on any atom is 0.321 e. The van der Waals surface area contributed by atoms with Crippen LogP contribution < -0.4 is 11.1 Å². The first-order valence-electron chi connectivity index (χ1n) is 8.06. The van der Waals surface area contributed by atoms with Crippen LogP contribution in [0, 0.1) is 19.7 Å². The fourth-order valence-corrected chi connectivity index (χ4v) is 2.88. The number of aryl methyl sites for hydroxylation is 2. The second-order valence-electron chi connectivity index (χ2n) is 6.08. The van der Waals surface area contributed by atoms with Crippen molar-refractivity contribution in [2.24, 2.45) is 0 Å². The molecule has 2 aromatic carbocycles. The van der Waals surface area contributed by atoms with Gasteiger partial charge in [0.2, 0.25) is 0 Å². The molecule has 0 aliphatic carbocycles. The molecule has 0 saturated heterocycles. The maximum atomic E-state index is 13.0. The van der Waals surface area contributed by atoms with Crippen LogP contribution in [0.2, 0.25) is 0 Å². The molecule has 0 atom stereocenters. The van der Waals surface area contributed by atoms with Gasteiger partial charge in [-0.2, -0.15) is 0 Å². The largest absolute Gasteiger partial charge is 0.321 e. The predicted octanol–water partition coefficient (Wildman–Crippen LogP) is 2.64. The van der Waals surface area contributed by atoms with Gasteiger partial charge in [-0.25, -0.2) is 4.39 Å². The highest BCUT2D eigenvalue weighted by molar-refractivity contribution is 5.95. The van der Waals surface area contributed by atoms with E-state index in [1.165, 1.54) is 41.2 Å². The van der Waals surface area contributed by atoms with E-state index in [0.717, 1.165) is 15.7 Å². The summed E-state index contributed by atoms with van der Waals surface area (Å²) in [6.45, 7) is 3.43. The van der Waals surface area contributed by atoms with Crippen molar-refractivity contribution in [3.05, 3.63) is 98.1 Å². The van der Waals surface area contributed by atoms with E-state index >= 15 is 0 Å². The molecule has 0 fully saturated rings. The number of benzene rings is 2. The average Bonchev–Trinajstić information content (AvgIpc) is 2.61. The number of ketones is 1. The van der Waals surface area contributed by atoms with Crippen LogP contribution in [0.5, 0.6) is 0 Å². The predicted molar refractivity (Wildman–Crippen MR) is 96.5 cm³/mol. The lowest BCUT2D eigenvalue weighted by atomic mass is 10.1. The van der Waals surface area contributed by atoms with E-state index in [9.17, 15) is 18.8 Å². The van der Waals surface area contributed by atoms with Crippen molar-refractivity contribution in [3.8, 4) is 5.69 Å². The van der Waals surface area contributed by atoms with Gasteiger partial charge in [0.15, 0.2) is 5.78 Å². The second kappa shape index (κ2) is 6.92. The molecule has 5 nitrogen and oxygen atoms in total. The summed E-state index contributed by atoms with van der Waals surface area (Å²) in [4.78, 5) is 37.2. The van der Waals surface area contributed by atoms with Gasteiger partial charge in [0.25, 0.3) is 0 Å². The average molecular weight is 352 g/mol. The quantitative estimate of drug-likeness (QED) is 0.536. The summed E-state index contributed by atoms with van der Waals surface area (Å²) in [7, 11) is 0. The summed E-state index contributed by atoms with van der Waals surface area (Å²) in [5.74, 6) is -0.828. The molecule has 26 heavy (non-hydrogen) atoms. The Morgan fingerprint density at radius 2 is 1.54 bits per heavy atom. The molecule has 0 spiro atoms. The van der Waals surface area contributed by atoms with Crippen LogP contribution in [0.25, 0.3) is 5.69 Å². The number of hydrogen-bond acceptors (Lipinski definition) is 3. The molecule has 0 bridgehead atoms. The summed E-state index contributed by atoms with van der Waals surface area (Å²) < 4.78 is 15.3. The molecule has 6 heteroatoms. The molecule has 0 N–H and O–H groups in total. The molecule has 0 aliphatic heterocycles. The molecular formula is C20H17FN2O3. The van der Waals surface area contributed by atoms with Gasteiger partial charge in [-0.1, -0.05) is 18.2 Å². The van der Waals surface area contributed by atoms with Gasteiger partial charge in [-0.05, 0) is 49.2 Å². The monoisotopic (exact) mass is 352 g/mol. The lowest BCUT2D eigenvalue weighted by Gasteiger charge is -2.13. The van der Waals surface area contributed by atoms with E-state index < -0.39 is 16.9 Å². The van der Waals surface area contributed by atoms with Gasteiger partial charge in [0, 0.05) is 18.0 Å². The van der Waals surface area contributed by atoms with E-state index in [1.807, 2.05) is 32.0 Å². The molecule has 1 aromatic heterocycles. The second-order valence-corrected chi connectivity index (χ2v) is 6.08. The lowest BCUT2D eigenvalue weighted by Crippen LogP contribution is -2.41. The summed E-state index contributed by atoms with van der Waals surface area (Å²) in [5.41, 5.74) is 1.16. The molecule has 0 unspecified atom stereocenters. The molecule has 1 heterocycles. The van der Waals surface area contributed by atoms with Gasteiger partial charge in [-0.3, -0.25) is 19.0 Å². The Balaban J connectivity index is 1.98. The third-order valence-electron chi connectivity index (χ3n) is 4.22. The van der Waals surface area contributed by atoms with Crippen molar-refractivity contribution in [3.63, 3.8) is 0 Å². The van der Waals surface area contributed by atoms with Gasteiger partial charge in [0.1, 0.15) is 5.82 Å². The minimum Gasteiger partial charge on any atom is -0.301 e. The summed E-state index contributed by atoms with van der Waals surface area (Å²) in [5, 5.41) is 0. The summed E-state index contributed by atoms with van der Waals surface area (Å²) >= 11 is 0. The number of para-hydroxylation sites is 1. The Kier molecular flexibility index (Phi) is 4.67. The normalized spacial score (nSPS) is 10.7. The zero-order valence-corrected chi connectivity index (χ0v) is 14.4. The van der Waals surface area contributed by atoms with Crippen LogP contribution in [0.15, 0.2) is 64.4 Å². The molecule has 132 valence electrons. The Bertz CT molecular complexity index is 1080. The number of halogens is 1. The number of carbonyl (C=O) groups excluding carboxylic acids is 1. The van der Waals surface area contributed by atoms with Crippen LogP contribution in [0.4, 0.5) is 4.39 Å². The minimum atomic E-state index is -0.786. The van der Waals surface area contributed by atoms with Gasteiger partial charge < -0.3 is 4.57 Å². The van der Waals surface area contributed by atoms with E-state index in [1.54, 1.807) is 0 Å². The Labute approximate surface area is 149 Å². The van der Waals surface area contributed by atoms with Gasteiger partial charge >= 0.3 is 11.1 Å². The summed E-state index contributed by atoms with van der Waals surface area (Å²) in [6.07, 6.45) is 2.90. The smallest absolute Gasteiger partial charge is 0.301 e. The molecule has 0 radical (unpaired) electrons. The number of Topliss-reactive ketones (excluding diaryl/α,β-unsaturated/α-hetero) is 1. The maximum absolute atomic E-state index is 13.0. The SMILES string of the molecule is Cc1cccc(C)c1-n1ccn(CC(=O)c2ccc(F)cc2)c(=O)c1=O. The topological polar surface area (TPSA) is 61.1 Å². The van der Waals surface area contributed by atoms with Crippen molar-refractivity contribution in [1.82, 2.24) is 9.13 Å². The molecule has 0 saturated carbocycles. The van der Waals surface area contributed by atoms with Crippen LogP contribution in [0.3, 0.4) is 0 Å². The molecule has 0 aliphatic rings. The minimum absolute atomic E-state index is 0.275. The molecular weight excluding hydrogens is 335 g/mol. The van der Waals surface area contributed by atoms with Gasteiger partial charge in [0.05, 0.1) is 12.2 Å². The summed E-state index contributed by atoms with van der Waals surface area (Å²) in [6, 6.07) is 10.6. The fourth-order valence-electron chi connectivity index (χ4n) is 2.88. The third-order valence-corrected chi connectivity index (χ3v) is 4.22. The lowest BCUT2D eigenvalue weighted by molar-refractivity contribution is 0.0970. The van der Waals surface area contributed by atoms with E-state index in [4.69, 9.17) is 0 Å². The Morgan fingerprint density at radius 3 is 2.15 bits per heavy atom. The first-order chi connectivity index (χ1) is 12.4. The number of carbonyl (C=O) groups is 1. The number of rotatable bonds is 4. The first-order valence-corrected chi connectivity index (χ1v) is 8.06. The highest BCUT2D eigenvalue weighted by Gasteiger charge is 2.13. The van der Waals surface area contributed by atoms with E-state index in [-0.39, 0.29) is 17.9 Å². The van der Waals surface area contributed by atoms with Crippen molar-refractivity contribution in [2.75, 3.05) is 0 Å². The van der Waals surface area contributed by atoms with E-state index in [2.05, 4.69) is 0 Å². The number of nitrogens with zero attached hydrogens (tertiary/aromatic N) is 2. The van der Waals surface area contributed by atoms with Crippen LogP contribution in [0.1, 0.15) is 21.5 Å². The zero-order valence-electron chi connectivity index (χ0n) is 14.4. The van der Waals surface area contributed by atoms with Crippen LogP contribution in [-0.4, -0.2) is 14.9 Å².